The molecule has 2 bridgehead atoms. The number of likely N-dealkylation sites (tertiary alicyclic amines) is 1. The Morgan fingerprint density at radius 3 is 2.79 bits per heavy atom. The zero-order valence-corrected chi connectivity index (χ0v) is 21.9. The minimum atomic E-state index is -1.16. The van der Waals surface area contributed by atoms with Crippen LogP contribution >= 0.6 is 0 Å². The second-order valence-electron chi connectivity index (χ2n) is 11.6. The molecule has 204 valence electrons. The molecule has 0 radical (unpaired) electrons. The van der Waals surface area contributed by atoms with Crippen molar-refractivity contribution in [3.05, 3.63) is 86.9 Å². The summed E-state index contributed by atoms with van der Waals surface area (Å²) in [4.78, 5) is 43.7. The van der Waals surface area contributed by atoms with Gasteiger partial charge in [0.05, 0.1) is 5.60 Å². The van der Waals surface area contributed by atoms with Crippen molar-refractivity contribution < 1.29 is 19.8 Å². The molecule has 6 N–H and O–H groups in total. The van der Waals surface area contributed by atoms with Gasteiger partial charge in [0.1, 0.15) is 17.4 Å². The number of hydrogen-bond acceptors (Lipinski definition) is 6. The van der Waals surface area contributed by atoms with Gasteiger partial charge < -0.3 is 31.1 Å². The highest BCUT2D eigenvalue weighted by Gasteiger charge is 2.64. The highest BCUT2D eigenvalue weighted by molar-refractivity contribution is 5.97. The molecule has 2 aromatic rings. The molecule has 1 saturated heterocycles. The molecular formula is C30H34N4O5. The molecule has 2 amide bonds. The number of pyridine rings is 1. The molecule has 9 heteroatoms. The van der Waals surface area contributed by atoms with Gasteiger partial charge in [-0.3, -0.25) is 14.4 Å². The van der Waals surface area contributed by atoms with Crippen molar-refractivity contribution in [1.82, 2.24) is 15.2 Å². The normalized spacial score (nSPS) is 29.6. The number of H-pyrrole nitrogens is 1. The molecule has 5 atom stereocenters. The Bertz CT molecular complexity index is 1480. The van der Waals surface area contributed by atoms with Crippen LogP contribution in [0.15, 0.2) is 53.4 Å². The number of nitrogens with zero attached hydrogens (tertiary/aromatic N) is 1. The summed E-state index contributed by atoms with van der Waals surface area (Å²) < 4.78 is 0. The van der Waals surface area contributed by atoms with Gasteiger partial charge in [-0.25, -0.2) is 0 Å². The van der Waals surface area contributed by atoms with Gasteiger partial charge >= 0.3 is 0 Å². The predicted octanol–water partition coefficient (Wildman–Crippen LogP) is 1.21. The number of amides is 2. The van der Waals surface area contributed by atoms with Gasteiger partial charge in [0.25, 0.3) is 11.5 Å². The number of aromatic nitrogens is 1. The maximum absolute atomic E-state index is 13.2. The van der Waals surface area contributed by atoms with Gasteiger partial charge in [-0.1, -0.05) is 30.4 Å². The molecule has 1 aromatic carbocycles. The van der Waals surface area contributed by atoms with Gasteiger partial charge in [0.15, 0.2) is 0 Å². The summed E-state index contributed by atoms with van der Waals surface area (Å²) in [5.41, 5.74) is 6.53. The molecule has 1 unspecified atom stereocenters. The Labute approximate surface area is 226 Å². The Morgan fingerprint density at radius 1 is 1.23 bits per heavy atom. The first-order valence-corrected chi connectivity index (χ1v) is 13.5. The van der Waals surface area contributed by atoms with Crippen LogP contribution in [0.1, 0.15) is 52.0 Å². The molecule has 0 saturated carbocycles. The van der Waals surface area contributed by atoms with Gasteiger partial charge in [-0.15, -0.1) is 0 Å². The number of nitrogens with two attached hydrogens (primary N) is 1. The van der Waals surface area contributed by atoms with Gasteiger partial charge in [0, 0.05) is 30.0 Å². The number of fused-ring (bicyclic) bond motifs is 2. The van der Waals surface area contributed by atoms with E-state index in [0.29, 0.717) is 36.9 Å². The molecule has 0 spiro atoms. The fraction of sp³-hybridized carbons (Fsp3) is 0.433. The van der Waals surface area contributed by atoms with Gasteiger partial charge in [-0.05, 0) is 80.1 Å². The lowest BCUT2D eigenvalue weighted by Crippen LogP contribution is -2.73. The molecule has 6 rings (SSSR count). The van der Waals surface area contributed by atoms with Crippen LogP contribution in [0.25, 0.3) is 0 Å². The summed E-state index contributed by atoms with van der Waals surface area (Å²) in [7, 11) is 2.01. The Kier molecular flexibility index (Phi) is 6.04. The summed E-state index contributed by atoms with van der Waals surface area (Å²) in [6, 6.07) is 5.85. The van der Waals surface area contributed by atoms with E-state index in [1.165, 1.54) is 0 Å². The van der Waals surface area contributed by atoms with E-state index in [1.54, 1.807) is 18.2 Å². The molecule has 1 aliphatic heterocycles. The van der Waals surface area contributed by atoms with E-state index >= 15 is 0 Å². The summed E-state index contributed by atoms with van der Waals surface area (Å²) in [5.74, 6) is -1.11. The van der Waals surface area contributed by atoms with Crippen molar-refractivity contribution in [1.29, 1.82) is 0 Å². The SMILES string of the molecule is CN1CC[C@]23Cc4[nH]c(=O)c(C(=O)N[C@@H](CC5C=CC=CC5)C(N)=O)cc4C[C@@]2(O)[C@H]1Cc1ccc(O)cc13. The van der Waals surface area contributed by atoms with Gasteiger partial charge in [0.2, 0.25) is 5.91 Å². The van der Waals surface area contributed by atoms with Crippen LogP contribution in [0, 0.1) is 5.92 Å². The molecule has 4 aliphatic rings. The first kappa shape index (κ1) is 25.6. The van der Waals surface area contributed by atoms with Crippen LogP contribution in [0.5, 0.6) is 5.75 Å². The molecule has 9 nitrogen and oxygen atoms in total. The Hall–Kier alpha value is -3.69. The lowest BCUT2D eigenvalue weighted by atomic mass is 9.49. The average Bonchev–Trinajstić information content (AvgIpc) is 2.90. The van der Waals surface area contributed by atoms with Crippen molar-refractivity contribution in [2.24, 2.45) is 11.7 Å². The topological polar surface area (TPSA) is 149 Å². The molecule has 1 fully saturated rings. The number of benzene rings is 1. The zero-order valence-electron chi connectivity index (χ0n) is 21.9. The summed E-state index contributed by atoms with van der Waals surface area (Å²) >= 11 is 0. The fourth-order valence-corrected chi connectivity index (χ4v) is 7.41. The number of phenols is 1. The maximum atomic E-state index is 13.2. The number of allylic oxidation sites excluding steroid dienone is 4. The highest BCUT2D eigenvalue weighted by atomic mass is 16.3. The summed E-state index contributed by atoms with van der Waals surface area (Å²) in [6.07, 6.45) is 10.8. The molecule has 1 aromatic heterocycles. The first-order chi connectivity index (χ1) is 18.6. The summed E-state index contributed by atoms with van der Waals surface area (Å²) in [5, 5.41) is 25.4. The van der Waals surface area contributed by atoms with Crippen molar-refractivity contribution in [2.45, 2.75) is 61.6 Å². The number of aromatic hydroxyl groups is 1. The van der Waals surface area contributed by atoms with Crippen LogP contribution in [0.4, 0.5) is 0 Å². The molecule has 39 heavy (non-hydrogen) atoms. The number of primary amides is 1. The number of hydrogen-bond donors (Lipinski definition) is 5. The first-order valence-electron chi connectivity index (χ1n) is 13.5. The third kappa shape index (κ3) is 4.03. The van der Waals surface area contributed by atoms with E-state index in [4.69, 9.17) is 5.73 Å². The lowest BCUT2D eigenvalue weighted by Gasteiger charge is -2.63. The molecule has 3 aliphatic carbocycles. The summed E-state index contributed by atoms with van der Waals surface area (Å²) in [6.45, 7) is 0.780. The third-order valence-electron chi connectivity index (χ3n) is 9.48. The number of phenolic OH excluding ortho intramolecular Hbond substituents is 1. The number of likely N-dealkylation sites (N-methyl/N-ethyl adjacent to an activating group) is 1. The van der Waals surface area contributed by atoms with Gasteiger partial charge in [-0.2, -0.15) is 0 Å². The van der Waals surface area contributed by atoms with E-state index in [2.05, 4.69) is 15.2 Å². The minimum Gasteiger partial charge on any atom is -0.508 e. The molecular weight excluding hydrogens is 496 g/mol. The van der Waals surface area contributed by atoms with E-state index in [-0.39, 0.29) is 29.7 Å². The van der Waals surface area contributed by atoms with E-state index < -0.39 is 34.4 Å². The van der Waals surface area contributed by atoms with Crippen LogP contribution in [0.3, 0.4) is 0 Å². The standard InChI is InChI=1S/C30H34N4O5/c1-34-10-9-29-16-24-19(15-30(29,39)25(34)13-18-7-8-20(35)14-22(18)29)12-21(28(38)33-24)27(37)32-23(26(31)36)11-17-5-3-2-4-6-17/h2-5,7-8,12,14,17,23,25,35,39H,6,9-11,13,15-16H2,1H3,(H2,31,36)(H,32,37)(H,33,38)/t17?,23-,25+,29+,30+/m0/s1. The third-order valence-corrected chi connectivity index (χ3v) is 9.48. The maximum Gasteiger partial charge on any atom is 0.261 e. The lowest BCUT2D eigenvalue weighted by molar-refractivity contribution is -0.145. The van der Waals surface area contributed by atoms with E-state index in [9.17, 15) is 24.6 Å². The number of carbonyl (C=O) groups excluding carboxylic acids is 2. The number of aliphatic hydroxyl groups is 1. The van der Waals surface area contributed by atoms with Crippen LogP contribution < -0.4 is 16.6 Å². The van der Waals surface area contributed by atoms with Crippen molar-refractivity contribution in [3.8, 4) is 5.75 Å². The highest BCUT2D eigenvalue weighted by Crippen LogP contribution is 2.56. The smallest absolute Gasteiger partial charge is 0.261 e. The second-order valence-corrected chi connectivity index (χ2v) is 11.6. The van der Waals surface area contributed by atoms with E-state index in [1.807, 2.05) is 37.4 Å². The van der Waals surface area contributed by atoms with Crippen LogP contribution in [-0.4, -0.2) is 63.2 Å². The van der Waals surface area contributed by atoms with Crippen molar-refractivity contribution >= 4 is 11.8 Å². The largest absolute Gasteiger partial charge is 0.508 e. The van der Waals surface area contributed by atoms with Crippen molar-refractivity contribution in [3.63, 3.8) is 0 Å². The zero-order chi connectivity index (χ0) is 27.5. The quantitative estimate of drug-likeness (QED) is 0.393. The van der Waals surface area contributed by atoms with Crippen molar-refractivity contribution in [2.75, 3.05) is 13.6 Å². The molecule has 2 heterocycles. The second kappa shape index (κ2) is 9.20. The van der Waals surface area contributed by atoms with Crippen LogP contribution in [-0.2, 0) is 29.5 Å². The Balaban J connectivity index is 1.34. The Morgan fingerprint density at radius 2 is 2.05 bits per heavy atom. The number of piperidine rings is 1. The number of rotatable bonds is 5. The van der Waals surface area contributed by atoms with E-state index in [0.717, 1.165) is 24.1 Å². The predicted molar refractivity (Wildman–Crippen MR) is 145 cm³/mol. The number of carbonyl (C=O) groups is 2. The van der Waals surface area contributed by atoms with Crippen LogP contribution in [0.2, 0.25) is 0 Å². The monoisotopic (exact) mass is 530 g/mol. The number of nitrogens with one attached hydrogen (secondary N) is 2. The minimum absolute atomic E-state index is 0.0602. The number of aromatic amines is 1. The average molecular weight is 531 g/mol. The fourth-order valence-electron chi connectivity index (χ4n) is 7.41.